The molecular weight excluding hydrogens is 408 g/mol. The average Bonchev–Trinajstić information content (AvgIpc) is 3.30. The molecule has 1 aliphatic rings. The molecule has 2 heterocycles. The van der Waals surface area contributed by atoms with Crippen LogP contribution >= 0.6 is 0 Å². The Kier molecular flexibility index (Phi) is 5.83. The maximum atomic E-state index is 13.5. The highest BCUT2D eigenvalue weighted by Crippen LogP contribution is 2.30. The number of piperidine rings is 1. The Morgan fingerprint density at radius 3 is 2.32 bits per heavy atom. The number of ether oxygens (including phenoxy) is 2. The van der Waals surface area contributed by atoms with E-state index in [1.165, 1.54) is 20.3 Å². The second kappa shape index (κ2) is 8.71. The third kappa shape index (κ3) is 4.35. The van der Waals surface area contributed by atoms with Crippen LogP contribution in [0.4, 0.5) is 8.78 Å². The standard InChI is InChI=1S/C22H21F2N3O4/c1-29-16-9-15(10-17(12-16)30-2)22(28)27-7-5-13(6-8-27)21-25-20(26-31-21)14-3-4-18(23)19(24)11-14/h3-4,9-13H,5-8H2,1-2H3. The van der Waals surface area contributed by atoms with Gasteiger partial charge >= 0.3 is 0 Å². The number of nitrogens with zero attached hydrogens (tertiary/aromatic N) is 3. The lowest BCUT2D eigenvalue weighted by Crippen LogP contribution is -2.38. The van der Waals surface area contributed by atoms with Gasteiger partial charge in [-0.05, 0) is 43.2 Å². The van der Waals surface area contributed by atoms with E-state index in [1.807, 2.05) is 0 Å². The van der Waals surface area contributed by atoms with Crippen LogP contribution in [0.2, 0.25) is 0 Å². The summed E-state index contributed by atoms with van der Waals surface area (Å²) in [6.45, 7) is 1.04. The quantitative estimate of drug-likeness (QED) is 0.609. The van der Waals surface area contributed by atoms with Gasteiger partial charge in [0.1, 0.15) is 11.5 Å². The topological polar surface area (TPSA) is 77.7 Å². The number of carbonyl (C=O) groups excluding carboxylic acids is 1. The van der Waals surface area contributed by atoms with Gasteiger partial charge in [0.15, 0.2) is 11.6 Å². The van der Waals surface area contributed by atoms with Crippen LogP contribution < -0.4 is 9.47 Å². The first kappa shape index (κ1) is 20.8. The Bertz CT molecular complexity index is 1070. The zero-order valence-electron chi connectivity index (χ0n) is 17.1. The van der Waals surface area contributed by atoms with Crippen LogP contribution in [0, 0.1) is 11.6 Å². The van der Waals surface area contributed by atoms with Crippen LogP contribution in [0.5, 0.6) is 11.5 Å². The molecule has 1 saturated heterocycles. The van der Waals surface area contributed by atoms with Gasteiger partial charge in [-0.3, -0.25) is 4.79 Å². The number of likely N-dealkylation sites (tertiary alicyclic amines) is 1. The van der Waals surface area contributed by atoms with Crippen LogP contribution in [0.25, 0.3) is 11.4 Å². The highest BCUT2D eigenvalue weighted by atomic mass is 19.2. The summed E-state index contributed by atoms with van der Waals surface area (Å²) in [5.74, 6) is -0.297. The molecule has 1 fully saturated rings. The fourth-order valence-electron chi connectivity index (χ4n) is 3.60. The van der Waals surface area contributed by atoms with Crippen molar-refractivity contribution >= 4 is 5.91 Å². The molecule has 2 aromatic carbocycles. The highest BCUT2D eigenvalue weighted by Gasteiger charge is 2.28. The van der Waals surface area contributed by atoms with Gasteiger partial charge in [0, 0.05) is 36.2 Å². The van der Waals surface area contributed by atoms with Gasteiger partial charge in [-0.15, -0.1) is 0 Å². The van der Waals surface area contributed by atoms with Gasteiger partial charge < -0.3 is 18.9 Å². The third-order valence-corrected chi connectivity index (χ3v) is 5.35. The highest BCUT2D eigenvalue weighted by molar-refractivity contribution is 5.95. The second-order valence-corrected chi connectivity index (χ2v) is 7.25. The van der Waals surface area contributed by atoms with E-state index in [0.717, 1.165) is 12.1 Å². The van der Waals surface area contributed by atoms with Crippen molar-refractivity contribution in [1.29, 1.82) is 0 Å². The first-order valence-electron chi connectivity index (χ1n) is 9.80. The molecule has 162 valence electrons. The van der Waals surface area contributed by atoms with Crippen molar-refractivity contribution in [3.8, 4) is 22.9 Å². The summed E-state index contributed by atoms with van der Waals surface area (Å²) in [6.07, 6.45) is 1.29. The Balaban J connectivity index is 1.43. The van der Waals surface area contributed by atoms with Gasteiger partial charge in [0.25, 0.3) is 5.91 Å². The summed E-state index contributed by atoms with van der Waals surface area (Å²) < 4.78 is 42.4. The van der Waals surface area contributed by atoms with Crippen molar-refractivity contribution < 1.29 is 27.6 Å². The Hall–Kier alpha value is -3.49. The minimum atomic E-state index is -0.968. The van der Waals surface area contributed by atoms with Crippen molar-refractivity contribution in [2.75, 3.05) is 27.3 Å². The largest absolute Gasteiger partial charge is 0.497 e. The van der Waals surface area contributed by atoms with Crippen LogP contribution in [0.1, 0.15) is 35.0 Å². The number of benzene rings is 2. The molecule has 0 atom stereocenters. The second-order valence-electron chi connectivity index (χ2n) is 7.25. The fourth-order valence-corrected chi connectivity index (χ4v) is 3.60. The monoisotopic (exact) mass is 429 g/mol. The molecule has 3 aromatic rings. The van der Waals surface area contributed by atoms with Crippen molar-refractivity contribution in [3.05, 3.63) is 59.5 Å². The first-order chi connectivity index (χ1) is 15.0. The number of halogens is 2. The van der Waals surface area contributed by atoms with Crippen molar-refractivity contribution in [3.63, 3.8) is 0 Å². The van der Waals surface area contributed by atoms with E-state index in [1.54, 1.807) is 23.1 Å². The van der Waals surface area contributed by atoms with Gasteiger partial charge in [0.2, 0.25) is 11.7 Å². The number of hydrogen-bond donors (Lipinski definition) is 0. The number of hydrogen-bond acceptors (Lipinski definition) is 6. The summed E-state index contributed by atoms with van der Waals surface area (Å²) in [4.78, 5) is 19.0. The zero-order valence-corrected chi connectivity index (χ0v) is 17.1. The molecule has 7 nitrogen and oxygen atoms in total. The van der Waals surface area contributed by atoms with Crippen LogP contribution in [-0.4, -0.2) is 48.3 Å². The van der Waals surface area contributed by atoms with Crippen LogP contribution in [0.15, 0.2) is 40.9 Å². The molecule has 0 aliphatic carbocycles. The number of amides is 1. The summed E-state index contributed by atoms with van der Waals surface area (Å²) in [5.41, 5.74) is 0.835. The van der Waals surface area contributed by atoms with Crippen LogP contribution in [0.3, 0.4) is 0 Å². The summed E-state index contributed by atoms with van der Waals surface area (Å²) in [6, 6.07) is 8.54. The molecular formula is C22H21F2N3O4. The Labute approximate surface area is 177 Å². The SMILES string of the molecule is COc1cc(OC)cc(C(=O)N2CCC(c3nc(-c4ccc(F)c(F)c4)no3)CC2)c1. The van der Waals surface area contributed by atoms with E-state index in [4.69, 9.17) is 14.0 Å². The minimum Gasteiger partial charge on any atom is -0.497 e. The maximum absolute atomic E-state index is 13.5. The Morgan fingerprint density at radius 1 is 1.03 bits per heavy atom. The molecule has 9 heteroatoms. The number of aromatic nitrogens is 2. The molecule has 1 amide bonds. The van der Waals surface area contributed by atoms with E-state index < -0.39 is 11.6 Å². The zero-order chi connectivity index (χ0) is 22.0. The third-order valence-electron chi connectivity index (χ3n) is 5.35. The fraction of sp³-hybridized carbons (Fsp3) is 0.318. The molecule has 1 aromatic heterocycles. The van der Waals surface area contributed by atoms with Crippen molar-refractivity contribution in [2.45, 2.75) is 18.8 Å². The lowest BCUT2D eigenvalue weighted by atomic mass is 9.96. The van der Waals surface area contributed by atoms with Gasteiger partial charge in [-0.25, -0.2) is 8.78 Å². The lowest BCUT2D eigenvalue weighted by Gasteiger charge is -2.30. The maximum Gasteiger partial charge on any atom is 0.254 e. The van der Waals surface area contributed by atoms with E-state index in [0.29, 0.717) is 54.4 Å². The molecule has 0 unspecified atom stereocenters. The van der Waals surface area contributed by atoms with Crippen molar-refractivity contribution in [1.82, 2.24) is 15.0 Å². The molecule has 1 aliphatic heterocycles. The molecule has 0 radical (unpaired) electrons. The Morgan fingerprint density at radius 2 is 1.71 bits per heavy atom. The summed E-state index contributed by atoms with van der Waals surface area (Å²) in [7, 11) is 3.07. The van der Waals surface area contributed by atoms with Crippen LogP contribution in [-0.2, 0) is 0 Å². The van der Waals surface area contributed by atoms with E-state index >= 15 is 0 Å². The van der Waals surface area contributed by atoms with Gasteiger partial charge in [-0.2, -0.15) is 4.98 Å². The van der Waals surface area contributed by atoms with Crippen molar-refractivity contribution in [2.24, 2.45) is 0 Å². The molecule has 0 spiro atoms. The normalized spacial score (nSPS) is 14.5. The molecule has 0 saturated carbocycles. The summed E-state index contributed by atoms with van der Waals surface area (Å²) in [5, 5.41) is 3.89. The van der Waals surface area contributed by atoms with E-state index in [2.05, 4.69) is 10.1 Å². The lowest BCUT2D eigenvalue weighted by molar-refractivity contribution is 0.0703. The number of rotatable bonds is 5. The first-order valence-corrected chi connectivity index (χ1v) is 9.80. The molecule has 31 heavy (non-hydrogen) atoms. The smallest absolute Gasteiger partial charge is 0.254 e. The predicted molar refractivity (Wildman–Crippen MR) is 107 cm³/mol. The molecule has 0 bridgehead atoms. The summed E-state index contributed by atoms with van der Waals surface area (Å²) >= 11 is 0. The predicted octanol–water partition coefficient (Wildman–Crippen LogP) is 4.05. The average molecular weight is 429 g/mol. The van der Waals surface area contributed by atoms with Gasteiger partial charge in [-0.1, -0.05) is 5.16 Å². The minimum absolute atomic E-state index is 0.0181. The number of methoxy groups -OCH3 is 2. The number of carbonyl (C=O) groups is 1. The van der Waals surface area contributed by atoms with E-state index in [9.17, 15) is 13.6 Å². The van der Waals surface area contributed by atoms with E-state index in [-0.39, 0.29) is 17.6 Å². The molecule has 4 rings (SSSR count). The van der Waals surface area contributed by atoms with Gasteiger partial charge in [0.05, 0.1) is 14.2 Å². The molecule has 0 N–H and O–H groups in total.